The van der Waals surface area contributed by atoms with Gasteiger partial charge in [-0.25, -0.2) is 5.10 Å². The van der Waals surface area contributed by atoms with Gasteiger partial charge in [0.2, 0.25) is 5.95 Å². The van der Waals surface area contributed by atoms with Gasteiger partial charge in [0, 0.05) is 13.1 Å². The minimum Gasteiger partial charge on any atom is -0.309 e. The number of anilines is 2. The molecule has 0 radical (unpaired) electrons. The molecule has 0 spiro atoms. The SMILES string of the molecule is Cc1cc(Nc2ncn[nH]2)n(C)n1. The number of H-pyrrole nitrogens is 1. The molecule has 0 aromatic carbocycles. The largest absolute Gasteiger partial charge is 0.309 e. The Kier molecular flexibility index (Phi) is 1.73. The summed E-state index contributed by atoms with van der Waals surface area (Å²) in [4.78, 5) is 3.94. The van der Waals surface area contributed by atoms with Crippen LogP contribution in [-0.2, 0) is 7.05 Å². The summed E-state index contributed by atoms with van der Waals surface area (Å²) >= 11 is 0. The molecule has 0 aliphatic carbocycles. The van der Waals surface area contributed by atoms with Crippen molar-refractivity contribution in [3.05, 3.63) is 18.1 Å². The predicted molar refractivity (Wildman–Crippen MR) is 47.6 cm³/mol. The second kappa shape index (κ2) is 2.89. The third-order valence-corrected chi connectivity index (χ3v) is 1.66. The van der Waals surface area contributed by atoms with Gasteiger partial charge in [-0.15, -0.1) is 0 Å². The lowest BCUT2D eigenvalue weighted by atomic mass is 10.5. The topological polar surface area (TPSA) is 71.4 Å². The Morgan fingerprint density at radius 1 is 1.54 bits per heavy atom. The third kappa shape index (κ3) is 1.51. The van der Waals surface area contributed by atoms with Crippen molar-refractivity contribution < 1.29 is 0 Å². The number of hydrogen-bond acceptors (Lipinski definition) is 4. The second-order valence-corrected chi connectivity index (χ2v) is 2.75. The Balaban J connectivity index is 2.23. The van der Waals surface area contributed by atoms with E-state index < -0.39 is 0 Å². The van der Waals surface area contributed by atoms with Crippen LogP contribution in [0.1, 0.15) is 5.69 Å². The molecule has 0 aliphatic rings. The minimum absolute atomic E-state index is 0.614. The van der Waals surface area contributed by atoms with E-state index in [1.54, 1.807) is 4.68 Å². The zero-order valence-corrected chi connectivity index (χ0v) is 7.44. The third-order valence-electron chi connectivity index (χ3n) is 1.66. The van der Waals surface area contributed by atoms with E-state index in [0.717, 1.165) is 11.5 Å². The Labute approximate surface area is 75.0 Å². The van der Waals surface area contributed by atoms with E-state index in [1.165, 1.54) is 6.33 Å². The maximum absolute atomic E-state index is 4.18. The van der Waals surface area contributed by atoms with E-state index >= 15 is 0 Å². The predicted octanol–water partition coefficient (Wildman–Crippen LogP) is 0.590. The lowest BCUT2D eigenvalue weighted by Gasteiger charge is -2.00. The van der Waals surface area contributed by atoms with E-state index in [4.69, 9.17) is 0 Å². The van der Waals surface area contributed by atoms with Crippen LogP contribution in [0, 0.1) is 6.92 Å². The van der Waals surface area contributed by atoms with Crippen LogP contribution in [0.3, 0.4) is 0 Å². The first-order valence-corrected chi connectivity index (χ1v) is 3.89. The highest BCUT2D eigenvalue weighted by molar-refractivity contribution is 5.47. The molecule has 2 aromatic heterocycles. The molecule has 0 unspecified atom stereocenters. The summed E-state index contributed by atoms with van der Waals surface area (Å²) in [6.45, 7) is 1.94. The van der Waals surface area contributed by atoms with Crippen LogP contribution < -0.4 is 5.32 Å². The molecule has 0 atom stereocenters. The molecule has 0 fully saturated rings. The average molecular weight is 178 g/mol. The van der Waals surface area contributed by atoms with Gasteiger partial charge in [0.15, 0.2) is 0 Å². The molecule has 2 N–H and O–H groups in total. The van der Waals surface area contributed by atoms with Gasteiger partial charge in [0.25, 0.3) is 0 Å². The van der Waals surface area contributed by atoms with Crippen LogP contribution in [0.25, 0.3) is 0 Å². The summed E-state index contributed by atoms with van der Waals surface area (Å²) in [6, 6.07) is 1.93. The minimum atomic E-state index is 0.614. The molecule has 6 nitrogen and oxygen atoms in total. The summed E-state index contributed by atoms with van der Waals surface area (Å²) in [5, 5.41) is 13.7. The van der Waals surface area contributed by atoms with Crippen LogP contribution in [0.2, 0.25) is 0 Å². The highest BCUT2D eigenvalue weighted by Gasteiger charge is 2.02. The summed E-state index contributed by atoms with van der Waals surface area (Å²) in [7, 11) is 1.87. The fraction of sp³-hybridized carbons (Fsp3) is 0.286. The zero-order valence-electron chi connectivity index (χ0n) is 7.44. The lowest BCUT2D eigenvalue weighted by molar-refractivity contribution is 0.763. The molecule has 0 amide bonds. The van der Waals surface area contributed by atoms with Gasteiger partial charge < -0.3 is 5.32 Å². The van der Waals surface area contributed by atoms with Crippen LogP contribution in [-0.4, -0.2) is 25.0 Å². The Bertz CT molecular complexity index is 387. The van der Waals surface area contributed by atoms with Crippen LogP contribution >= 0.6 is 0 Å². The normalized spacial score (nSPS) is 10.3. The van der Waals surface area contributed by atoms with Gasteiger partial charge in [-0.05, 0) is 6.92 Å². The van der Waals surface area contributed by atoms with Crippen molar-refractivity contribution in [2.24, 2.45) is 7.05 Å². The summed E-state index contributed by atoms with van der Waals surface area (Å²) in [5.74, 6) is 1.50. The summed E-state index contributed by atoms with van der Waals surface area (Å²) < 4.78 is 1.75. The molecule has 2 heterocycles. The standard InChI is InChI=1S/C7H10N6/c1-5-3-6(13(2)12-5)10-7-8-4-9-11-7/h3-4H,1-2H3,(H2,8,9,10,11). The molecule has 68 valence electrons. The number of nitrogens with zero attached hydrogens (tertiary/aromatic N) is 4. The first-order chi connectivity index (χ1) is 6.25. The number of aryl methyl sites for hydroxylation is 2. The van der Waals surface area contributed by atoms with Crippen molar-refractivity contribution in [1.29, 1.82) is 0 Å². The second-order valence-electron chi connectivity index (χ2n) is 2.75. The molecule has 0 bridgehead atoms. The maximum atomic E-state index is 4.18. The van der Waals surface area contributed by atoms with Crippen molar-refractivity contribution in [3.63, 3.8) is 0 Å². The molecular weight excluding hydrogens is 168 g/mol. The molecule has 6 heteroatoms. The molecule has 0 saturated carbocycles. The van der Waals surface area contributed by atoms with Gasteiger partial charge in [-0.3, -0.25) is 4.68 Å². The van der Waals surface area contributed by atoms with Gasteiger partial charge in [-0.2, -0.15) is 15.2 Å². The molecule has 0 aliphatic heterocycles. The fourth-order valence-electron chi connectivity index (χ4n) is 1.11. The molecule has 2 aromatic rings. The van der Waals surface area contributed by atoms with Crippen molar-refractivity contribution in [1.82, 2.24) is 25.0 Å². The highest BCUT2D eigenvalue weighted by atomic mass is 15.4. The summed E-state index contributed by atoms with van der Waals surface area (Å²) in [5.41, 5.74) is 0.963. The van der Waals surface area contributed by atoms with E-state index in [-0.39, 0.29) is 0 Å². The van der Waals surface area contributed by atoms with Crippen LogP contribution in [0.5, 0.6) is 0 Å². The van der Waals surface area contributed by atoms with Crippen LogP contribution in [0.4, 0.5) is 11.8 Å². The fourth-order valence-corrected chi connectivity index (χ4v) is 1.11. The number of rotatable bonds is 2. The van der Waals surface area contributed by atoms with E-state index in [1.807, 2.05) is 20.0 Å². The van der Waals surface area contributed by atoms with Gasteiger partial charge in [-0.1, -0.05) is 0 Å². The summed E-state index contributed by atoms with van der Waals surface area (Å²) in [6.07, 6.45) is 1.45. The molecule has 2 rings (SSSR count). The quantitative estimate of drug-likeness (QED) is 0.706. The molecule has 0 saturated heterocycles. The Morgan fingerprint density at radius 2 is 2.38 bits per heavy atom. The lowest BCUT2D eigenvalue weighted by Crippen LogP contribution is -2.00. The number of aromatic amines is 1. The monoisotopic (exact) mass is 178 g/mol. The Morgan fingerprint density at radius 3 is 2.92 bits per heavy atom. The highest BCUT2D eigenvalue weighted by Crippen LogP contribution is 2.11. The van der Waals surface area contributed by atoms with Gasteiger partial charge in [0.05, 0.1) is 5.69 Å². The van der Waals surface area contributed by atoms with E-state index in [0.29, 0.717) is 5.95 Å². The van der Waals surface area contributed by atoms with Gasteiger partial charge in [0.1, 0.15) is 12.1 Å². The Hall–Kier alpha value is -1.85. The van der Waals surface area contributed by atoms with E-state index in [2.05, 4.69) is 25.6 Å². The molecular formula is C7H10N6. The first-order valence-electron chi connectivity index (χ1n) is 3.89. The number of aromatic nitrogens is 5. The number of nitrogens with one attached hydrogen (secondary N) is 2. The molecule has 13 heavy (non-hydrogen) atoms. The van der Waals surface area contributed by atoms with Crippen molar-refractivity contribution >= 4 is 11.8 Å². The average Bonchev–Trinajstić information content (AvgIpc) is 2.63. The smallest absolute Gasteiger partial charge is 0.224 e. The number of hydrogen-bond donors (Lipinski definition) is 2. The van der Waals surface area contributed by atoms with Gasteiger partial charge >= 0.3 is 0 Å². The first kappa shape index (κ1) is 7.78. The van der Waals surface area contributed by atoms with Crippen LogP contribution in [0.15, 0.2) is 12.4 Å². The van der Waals surface area contributed by atoms with Crippen molar-refractivity contribution in [2.75, 3.05) is 5.32 Å². The van der Waals surface area contributed by atoms with Crippen molar-refractivity contribution in [3.8, 4) is 0 Å². The van der Waals surface area contributed by atoms with Crippen molar-refractivity contribution in [2.45, 2.75) is 6.92 Å². The van der Waals surface area contributed by atoms with E-state index in [9.17, 15) is 0 Å². The zero-order chi connectivity index (χ0) is 9.26. The maximum Gasteiger partial charge on any atom is 0.224 e.